The Labute approximate surface area is 467 Å². The normalized spacial score (nSPS) is 12.6. The Morgan fingerprint density at radius 2 is 0.405 bits per heavy atom. The van der Waals surface area contributed by atoms with Crippen molar-refractivity contribution in [3.63, 3.8) is 0 Å². The van der Waals surface area contributed by atoms with Crippen LogP contribution in [0.5, 0.6) is 0 Å². The van der Waals surface area contributed by atoms with Crippen molar-refractivity contribution < 1.29 is 57.6 Å². The molecule has 0 bridgehead atoms. The minimum atomic E-state index is -4.77. The fourth-order valence-electron chi connectivity index (χ4n) is 11.1. The van der Waals surface area contributed by atoms with Crippen molar-refractivity contribution >= 4 is 28.0 Å². The highest BCUT2D eigenvalue weighted by Gasteiger charge is 2.38. The van der Waals surface area contributed by atoms with Crippen molar-refractivity contribution in [3.05, 3.63) is 119 Å². The molecule has 0 aliphatic rings. The van der Waals surface area contributed by atoms with Crippen LogP contribution in [0.1, 0.15) is 242 Å². The molecule has 0 aliphatic carbocycles. The number of alkyl halides is 12. The molecule has 79 heavy (non-hydrogen) atoms. The summed E-state index contributed by atoms with van der Waals surface area (Å²) in [7, 11) is 2.43. The lowest BCUT2D eigenvalue weighted by atomic mass is 9.13. The van der Waals surface area contributed by atoms with E-state index in [0.717, 1.165) is 48.5 Å². The summed E-state index contributed by atoms with van der Waals surface area (Å²) < 4.78 is 160. The van der Waals surface area contributed by atoms with Crippen LogP contribution < -0.4 is 26.8 Å². The topological polar surface area (TPSA) is 4.44 Å². The highest BCUT2D eigenvalue weighted by Crippen LogP contribution is 2.33. The van der Waals surface area contributed by atoms with Gasteiger partial charge in [0, 0.05) is 0 Å². The van der Waals surface area contributed by atoms with Gasteiger partial charge in [0.15, 0.2) is 0 Å². The second-order valence-corrected chi connectivity index (χ2v) is 22.4. The highest BCUT2D eigenvalue weighted by molar-refractivity contribution is 7.19. The quantitative estimate of drug-likeness (QED) is 0.0259. The van der Waals surface area contributed by atoms with E-state index >= 15 is 0 Å². The molecule has 4 aromatic rings. The smallest absolute Gasteiger partial charge is 0.337 e. The van der Waals surface area contributed by atoms with E-state index in [1.807, 2.05) is 0 Å². The predicted octanol–water partition coefficient (Wildman–Crippen LogP) is 19.2. The molecule has 1 N–H and O–H groups in total. The average molecular weight is 1130 g/mol. The molecule has 0 fully saturated rings. The molecule has 4 rings (SSSR count). The number of hydrogen-bond donors (Lipinski definition) is 1. The molecular weight excluding hydrogens is 1030 g/mol. The molecule has 0 aliphatic heterocycles. The van der Waals surface area contributed by atoms with Crippen LogP contribution in [0.3, 0.4) is 0 Å². The molecule has 0 saturated carbocycles. The van der Waals surface area contributed by atoms with Gasteiger partial charge in [0.1, 0.15) is 6.15 Å². The van der Waals surface area contributed by atoms with Gasteiger partial charge in [0.25, 0.3) is 0 Å². The standard InChI is InChI=1S/C37H77N.C28H16BF12/c1-4-6-8-10-12-14-16-18-20-22-24-26-28-30-32-34-36-38(3)37-35-33-31-29-27-25-23-21-19-17-15-13-11-9-7-5-2;30-25(31,32)17-1-9-21(10-2-17)29(22-11-3-18(4-12-22)26(33,34)35,23-13-5-19(6-14-23)27(36,37)38)24-15-7-20(8-16-24)28(39,40)41/h4-37H2,1-3H3;1-16H/q;-1/p+1. The molecule has 14 heteroatoms. The van der Waals surface area contributed by atoms with Crippen molar-refractivity contribution in [1.29, 1.82) is 0 Å². The third kappa shape index (κ3) is 26.7. The largest absolute Gasteiger partial charge is 0.416 e. The lowest BCUT2D eigenvalue weighted by molar-refractivity contribution is -0.880. The molecule has 0 atom stereocenters. The highest BCUT2D eigenvalue weighted by atomic mass is 19.4. The minimum absolute atomic E-state index is 0.0114. The lowest BCUT2D eigenvalue weighted by Crippen LogP contribution is -3.09. The third-order valence-electron chi connectivity index (χ3n) is 15.9. The van der Waals surface area contributed by atoms with Gasteiger partial charge in [0.2, 0.25) is 0 Å². The first-order valence-electron chi connectivity index (χ1n) is 30.3. The maximum atomic E-state index is 13.3. The molecule has 0 amide bonds. The zero-order valence-corrected chi connectivity index (χ0v) is 47.9. The van der Waals surface area contributed by atoms with Gasteiger partial charge in [-0.3, -0.25) is 0 Å². The second-order valence-electron chi connectivity index (χ2n) is 22.4. The molecule has 0 radical (unpaired) electrons. The monoisotopic (exact) mass is 1130 g/mol. The second kappa shape index (κ2) is 37.2. The van der Waals surface area contributed by atoms with Gasteiger partial charge >= 0.3 is 24.7 Å². The first-order valence-corrected chi connectivity index (χ1v) is 30.3. The molecule has 0 unspecified atom stereocenters. The minimum Gasteiger partial charge on any atom is -0.337 e. The number of unbranched alkanes of at least 4 members (excludes halogenated alkanes) is 30. The van der Waals surface area contributed by atoms with Crippen LogP contribution in [0.4, 0.5) is 52.7 Å². The first-order chi connectivity index (χ1) is 37.6. The molecule has 4 aromatic carbocycles. The van der Waals surface area contributed by atoms with Crippen molar-refractivity contribution in [1.82, 2.24) is 0 Å². The zero-order valence-electron chi connectivity index (χ0n) is 47.9. The van der Waals surface area contributed by atoms with Crippen molar-refractivity contribution in [2.24, 2.45) is 0 Å². The van der Waals surface area contributed by atoms with Gasteiger partial charge in [-0.1, -0.05) is 291 Å². The zero-order chi connectivity index (χ0) is 58.1. The molecule has 1 nitrogen and oxygen atoms in total. The summed E-state index contributed by atoms with van der Waals surface area (Å²) in [5.41, 5.74) is -4.29. The summed E-state index contributed by atoms with van der Waals surface area (Å²) >= 11 is 0. The number of halogens is 12. The van der Waals surface area contributed by atoms with Gasteiger partial charge in [-0.15, -0.1) is 0 Å². The van der Waals surface area contributed by atoms with E-state index in [-0.39, 0.29) is 21.9 Å². The molecule has 446 valence electrons. The van der Waals surface area contributed by atoms with Crippen LogP contribution >= 0.6 is 0 Å². The van der Waals surface area contributed by atoms with Crippen LogP contribution in [-0.4, -0.2) is 26.3 Å². The Morgan fingerprint density at radius 1 is 0.253 bits per heavy atom. The Kier molecular flexibility index (Phi) is 32.7. The summed E-state index contributed by atoms with van der Waals surface area (Å²) in [4.78, 5) is 1.78. The van der Waals surface area contributed by atoms with E-state index in [1.54, 1.807) is 4.90 Å². The van der Waals surface area contributed by atoms with E-state index in [0.29, 0.717) is 48.5 Å². The van der Waals surface area contributed by atoms with Gasteiger partial charge < -0.3 is 4.90 Å². The number of rotatable bonds is 38. The molecule has 0 heterocycles. The van der Waals surface area contributed by atoms with E-state index in [9.17, 15) is 52.7 Å². The van der Waals surface area contributed by atoms with Crippen LogP contribution in [0, 0.1) is 0 Å². The van der Waals surface area contributed by atoms with E-state index in [2.05, 4.69) is 20.9 Å². The van der Waals surface area contributed by atoms with Gasteiger partial charge in [-0.2, -0.15) is 74.5 Å². The van der Waals surface area contributed by atoms with Crippen LogP contribution in [0.15, 0.2) is 97.1 Å². The van der Waals surface area contributed by atoms with Crippen LogP contribution in [0.25, 0.3) is 0 Å². The first kappa shape index (κ1) is 69.3. The van der Waals surface area contributed by atoms with E-state index in [1.165, 1.54) is 219 Å². The van der Waals surface area contributed by atoms with Gasteiger partial charge in [0.05, 0.1) is 42.4 Å². The summed E-state index contributed by atoms with van der Waals surface area (Å²) in [5, 5.41) is 0. The van der Waals surface area contributed by atoms with Crippen LogP contribution in [-0.2, 0) is 24.7 Å². The maximum absolute atomic E-state index is 13.3. The summed E-state index contributed by atoms with van der Waals surface area (Å²) in [5.74, 6) is 0. The third-order valence-corrected chi connectivity index (χ3v) is 15.9. The lowest BCUT2D eigenvalue weighted by Gasteiger charge is -2.44. The van der Waals surface area contributed by atoms with Crippen molar-refractivity contribution in [2.45, 2.75) is 244 Å². The number of quaternary nitrogens is 1. The van der Waals surface area contributed by atoms with Gasteiger partial charge in [-0.25, -0.2) is 0 Å². The molecule has 0 saturated heterocycles. The average Bonchev–Trinajstić information content (AvgIpc) is 3.47. The summed E-state index contributed by atoms with van der Waals surface area (Å²) in [6.45, 7) is 7.42. The Morgan fingerprint density at radius 3 is 0.557 bits per heavy atom. The molecule has 0 aromatic heterocycles. The Bertz CT molecular complexity index is 1860. The Balaban J connectivity index is 0.000000417. The molecular formula is C65H94BF12N. The maximum Gasteiger partial charge on any atom is 0.416 e. The SMILES string of the molecule is CCCCCCCCCCCCCCCCCC[NH+](C)CCCCCCCCCCCCCCCCCC.FC(F)(F)c1ccc([B-](c2ccc(C(F)(F)F)cc2)(c2ccc(C(F)(F)F)cc2)c2ccc(C(F)(F)F)cc2)cc1. The van der Waals surface area contributed by atoms with Crippen molar-refractivity contribution in [3.8, 4) is 0 Å². The number of nitrogens with one attached hydrogen (secondary N) is 1. The van der Waals surface area contributed by atoms with E-state index in [4.69, 9.17) is 0 Å². The fourth-order valence-corrected chi connectivity index (χ4v) is 11.1. The predicted molar refractivity (Wildman–Crippen MR) is 306 cm³/mol. The number of benzene rings is 4. The fraction of sp³-hybridized carbons (Fsp3) is 0.631. The van der Waals surface area contributed by atoms with Crippen LogP contribution in [0.2, 0.25) is 0 Å². The summed E-state index contributed by atoms with van der Waals surface area (Å²) in [6, 6.07) is 13.6. The van der Waals surface area contributed by atoms with Crippen molar-refractivity contribution in [2.75, 3.05) is 20.1 Å². The van der Waals surface area contributed by atoms with Gasteiger partial charge in [-0.05, 0) is 25.7 Å². The van der Waals surface area contributed by atoms with E-state index < -0.39 is 53.1 Å². The summed E-state index contributed by atoms with van der Waals surface area (Å²) in [6.07, 6.45) is 25.1. The Hall–Kier alpha value is -3.94. The number of hydrogen-bond acceptors (Lipinski definition) is 0. The molecule has 0 spiro atoms.